The number of hydrogen-bond donors (Lipinski definition) is 1. The van der Waals surface area contributed by atoms with Crippen LogP contribution in [0.1, 0.15) is 22.1 Å². The lowest BCUT2D eigenvalue weighted by atomic mass is 10.0. The lowest BCUT2D eigenvalue weighted by Gasteiger charge is -2.38. The fourth-order valence-corrected chi connectivity index (χ4v) is 3.65. The summed E-state index contributed by atoms with van der Waals surface area (Å²) in [6.07, 6.45) is -0.423. The van der Waals surface area contributed by atoms with Gasteiger partial charge in [0.1, 0.15) is 11.9 Å². The second kappa shape index (κ2) is 6.49. The lowest BCUT2D eigenvalue weighted by Crippen LogP contribution is -2.43. The van der Waals surface area contributed by atoms with Crippen molar-refractivity contribution in [1.82, 2.24) is 0 Å². The molecule has 0 aliphatic carbocycles. The number of nitrogens with zero attached hydrogens (tertiary/aromatic N) is 1. The maximum absolute atomic E-state index is 13.5. The Morgan fingerprint density at radius 3 is 2.68 bits per heavy atom. The zero-order chi connectivity index (χ0) is 19.1. The van der Waals surface area contributed by atoms with Crippen LogP contribution in [0.25, 0.3) is 0 Å². The molecule has 6 nitrogen and oxygen atoms in total. The van der Waals surface area contributed by atoms with E-state index in [-0.39, 0.29) is 12.7 Å². The van der Waals surface area contributed by atoms with Crippen LogP contribution in [0.5, 0.6) is 17.2 Å². The molecule has 1 N–H and O–H groups in total. The van der Waals surface area contributed by atoms with E-state index in [1.165, 1.54) is 0 Å². The number of amides is 1. The molecule has 0 unspecified atom stereocenters. The van der Waals surface area contributed by atoms with Crippen LogP contribution in [0.3, 0.4) is 0 Å². The van der Waals surface area contributed by atoms with Crippen molar-refractivity contribution in [3.05, 3.63) is 77.9 Å². The Morgan fingerprint density at radius 2 is 1.79 bits per heavy atom. The highest BCUT2D eigenvalue weighted by Gasteiger charge is 2.36. The van der Waals surface area contributed by atoms with Gasteiger partial charge in [-0.15, -0.1) is 0 Å². The molecule has 5 rings (SSSR count). The Balaban J connectivity index is 1.67. The summed E-state index contributed by atoms with van der Waals surface area (Å²) < 4.78 is 16.5. The van der Waals surface area contributed by atoms with Crippen molar-refractivity contribution < 1.29 is 19.0 Å². The van der Waals surface area contributed by atoms with Crippen LogP contribution >= 0.6 is 0 Å². The van der Waals surface area contributed by atoms with Gasteiger partial charge in [-0.05, 0) is 42.0 Å². The summed E-state index contributed by atoms with van der Waals surface area (Å²) in [6, 6.07) is 20.7. The summed E-state index contributed by atoms with van der Waals surface area (Å²) in [5.74, 6) is 1.91. The van der Waals surface area contributed by atoms with E-state index in [0.717, 1.165) is 11.3 Å². The molecular formula is C22H18N2O4. The molecule has 140 valence electrons. The number of methoxy groups -OCH3 is 1. The molecule has 3 aromatic rings. The molecule has 3 aromatic carbocycles. The molecule has 0 saturated heterocycles. The number of fused-ring (bicyclic) bond motifs is 2. The van der Waals surface area contributed by atoms with Crippen LogP contribution in [-0.4, -0.2) is 19.8 Å². The number of rotatable bonds is 3. The molecule has 0 bridgehead atoms. The van der Waals surface area contributed by atoms with E-state index >= 15 is 0 Å². The number of para-hydroxylation sites is 3. The molecule has 2 heterocycles. The first-order valence-corrected chi connectivity index (χ1v) is 8.98. The van der Waals surface area contributed by atoms with E-state index in [9.17, 15) is 4.79 Å². The fraction of sp³-hybridized carbons (Fsp3) is 0.136. The normalized spacial score (nSPS) is 17.1. The van der Waals surface area contributed by atoms with Gasteiger partial charge < -0.3 is 19.5 Å². The van der Waals surface area contributed by atoms with Crippen molar-refractivity contribution >= 4 is 17.3 Å². The Labute approximate surface area is 162 Å². The van der Waals surface area contributed by atoms with Crippen molar-refractivity contribution in [3.8, 4) is 17.2 Å². The van der Waals surface area contributed by atoms with Crippen LogP contribution in [0, 0.1) is 0 Å². The van der Waals surface area contributed by atoms with E-state index < -0.39 is 6.17 Å². The van der Waals surface area contributed by atoms with Crippen LogP contribution in [0.15, 0.2) is 66.7 Å². The van der Waals surface area contributed by atoms with Gasteiger partial charge in [-0.1, -0.05) is 30.3 Å². The first-order valence-electron chi connectivity index (χ1n) is 8.98. The Hall–Kier alpha value is -3.67. The van der Waals surface area contributed by atoms with Gasteiger partial charge in [0.05, 0.1) is 18.4 Å². The standard InChI is InChI=1S/C22H18N2O4/c1-26-18-9-5-4-8-17(18)24-21(14-10-11-19-20(12-14)28-13-27-19)23-16-7-3-2-6-15(16)22(24)25/h2-12,21,23H,13H2,1H3/t21-/m0/s1. The average molecular weight is 374 g/mol. The third-order valence-electron chi connectivity index (χ3n) is 4.98. The Kier molecular flexibility index (Phi) is 3.83. The Bertz CT molecular complexity index is 1070. The molecule has 2 aliphatic rings. The summed E-state index contributed by atoms with van der Waals surface area (Å²) in [5, 5.41) is 3.49. The summed E-state index contributed by atoms with van der Waals surface area (Å²) >= 11 is 0. The van der Waals surface area contributed by atoms with Crippen LogP contribution in [0.2, 0.25) is 0 Å². The van der Waals surface area contributed by atoms with E-state index in [1.54, 1.807) is 12.0 Å². The zero-order valence-electron chi connectivity index (χ0n) is 15.2. The quantitative estimate of drug-likeness (QED) is 0.745. The van der Waals surface area contributed by atoms with Gasteiger partial charge in [0.2, 0.25) is 6.79 Å². The van der Waals surface area contributed by atoms with E-state index in [1.807, 2.05) is 66.7 Å². The largest absolute Gasteiger partial charge is 0.495 e. The predicted octanol–water partition coefficient (Wildman–Crippen LogP) is 4.20. The summed E-state index contributed by atoms with van der Waals surface area (Å²) in [6.45, 7) is 0.203. The minimum Gasteiger partial charge on any atom is -0.495 e. The number of hydrogen-bond acceptors (Lipinski definition) is 5. The molecule has 1 amide bonds. The third kappa shape index (κ3) is 2.53. The number of benzene rings is 3. The van der Waals surface area contributed by atoms with Crippen LogP contribution in [0.4, 0.5) is 11.4 Å². The molecule has 6 heteroatoms. The van der Waals surface area contributed by atoms with Gasteiger partial charge in [0.15, 0.2) is 11.5 Å². The highest BCUT2D eigenvalue weighted by molar-refractivity contribution is 6.12. The number of nitrogens with one attached hydrogen (secondary N) is 1. The molecule has 1 atom stereocenters. The maximum atomic E-state index is 13.5. The molecule has 0 radical (unpaired) electrons. The molecular weight excluding hydrogens is 356 g/mol. The van der Waals surface area contributed by atoms with Gasteiger partial charge in [-0.3, -0.25) is 9.69 Å². The van der Waals surface area contributed by atoms with Gasteiger partial charge >= 0.3 is 0 Å². The van der Waals surface area contributed by atoms with Crippen molar-refractivity contribution in [2.24, 2.45) is 0 Å². The maximum Gasteiger partial charge on any atom is 0.262 e. The average Bonchev–Trinajstić information content (AvgIpc) is 3.21. The van der Waals surface area contributed by atoms with Gasteiger partial charge in [0.25, 0.3) is 5.91 Å². The monoisotopic (exact) mass is 374 g/mol. The van der Waals surface area contributed by atoms with Crippen molar-refractivity contribution in [1.29, 1.82) is 0 Å². The minimum absolute atomic E-state index is 0.0958. The highest BCUT2D eigenvalue weighted by Crippen LogP contribution is 2.42. The SMILES string of the molecule is COc1ccccc1N1C(=O)c2ccccc2N[C@@H]1c1ccc2c(c1)OCO2. The van der Waals surface area contributed by atoms with Gasteiger partial charge in [-0.25, -0.2) is 0 Å². The molecule has 2 aliphatic heterocycles. The number of anilines is 2. The molecule has 0 saturated carbocycles. The zero-order valence-corrected chi connectivity index (χ0v) is 15.2. The molecule has 0 aromatic heterocycles. The van der Waals surface area contributed by atoms with Crippen LogP contribution < -0.4 is 24.4 Å². The molecule has 0 spiro atoms. The van der Waals surface area contributed by atoms with E-state index in [0.29, 0.717) is 28.5 Å². The van der Waals surface area contributed by atoms with E-state index in [4.69, 9.17) is 14.2 Å². The van der Waals surface area contributed by atoms with Crippen LogP contribution in [-0.2, 0) is 0 Å². The van der Waals surface area contributed by atoms with Gasteiger partial charge in [-0.2, -0.15) is 0 Å². The smallest absolute Gasteiger partial charge is 0.262 e. The lowest BCUT2D eigenvalue weighted by molar-refractivity contribution is 0.0974. The van der Waals surface area contributed by atoms with Crippen molar-refractivity contribution in [3.63, 3.8) is 0 Å². The minimum atomic E-state index is -0.423. The Morgan fingerprint density at radius 1 is 1.00 bits per heavy atom. The van der Waals surface area contributed by atoms with Crippen molar-refractivity contribution in [2.75, 3.05) is 24.1 Å². The first kappa shape index (κ1) is 16.5. The summed E-state index contributed by atoms with van der Waals surface area (Å²) in [5.41, 5.74) is 2.99. The van der Waals surface area contributed by atoms with E-state index in [2.05, 4.69) is 5.32 Å². The predicted molar refractivity (Wildman–Crippen MR) is 105 cm³/mol. The third-order valence-corrected chi connectivity index (χ3v) is 4.98. The first-order chi connectivity index (χ1) is 13.8. The fourth-order valence-electron chi connectivity index (χ4n) is 3.65. The second-order valence-electron chi connectivity index (χ2n) is 6.55. The van der Waals surface area contributed by atoms with Gasteiger partial charge in [0, 0.05) is 5.69 Å². The topological polar surface area (TPSA) is 60.0 Å². The number of carbonyl (C=O) groups excluding carboxylic acids is 1. The number of ether oxygens (including phenoxy) is 3. The highest BCUT2D eigenvalue weighted by atomic mass is 16.7. The second-order valence-corrected chi connectivity index (χ2v) is 6.55. The summed E-state index contributed by atoms with van der Waals surface area (Å²) in [4.78, 5) is 15.2. The number of carbonyl (C=O) groups is 1. The molecule has 0 fully saturated rings. The molecule has 28 heavy (non-hydrogen) atoms. The van der Waals surface area contributed by atoms with Crippen molar-refractivity contribution in [2.45, 2.75) is 6.17 Å². The summed E-state index contributed by atoms with van der Waals surface area (Å²) in [7, 11) is 1.60.